The summed E-state index contributed by atoms with van der Waals surface area (Å²) in [5.74, 6) is 0.744. The number of fused-ring (bicyclic) bond motifs is 1. The van der Waals surface area contributed by atoms with Crippen LogP contribution >= 0.6 is 11.6 Å². The number of nitrogens with one attached hydrogen (secondary N) is 1. The van der Waals surface area contributed by atoms with Crippen molar-refractivity contribution in [1.29, 1.82) is 0 Å². The number of halogens is 1. The molecule has 0 bridgehead atoms. The molecule has 1 saturated heterocycles. The van der Waals surface area contributed by atoms with Crippen LogP contribution in [-0.2, 0) is 20.6 Å². The molecule has 2 aliphatic rings. The van der Waals surface area contributed by atoms with Crippen molar-refractivity contribution < 1.29 is 22.7 Å². The Bertz CT molecular complexity index is 1070. The van der Waals surface area contributed by atoms with Crippen LogP contribution in [0.5, 0.6) is 11.5 Å². The van der Waals surface area contributed by atoms with Crippen molar-refractivity contribution in [2.75, 3.05) is 26.3 Å². The lowest BCUT2D eigenvalue weighted by Gasteiger charge is -2.32. The number of ether oxygens (including phenoxy) is 2. The predicted molar refractivity (Wildman–Crippen MR) is 122 cm³/mol. The number of benzene rings is 2. The molecule has 1 N–H and O–H groups in total. The Balaban J connectivity index is 1.38. The Kier molecular flexibility index (Phi) is 6.93. The van der Waals surface area contributed by atoms with Gasteiger partial charge in [0.15, 0.2) is 11.5 Å². The highest BCUT2D eigenvalue weighted by Gasteiger charge is 2.33. The maximum absolute atomic E-state index is 12.9. The van der Waals surface area contributed by atoms with Gasteiger partial charge < -0.3 is 14.8 Å². The van der Waals surface area contributed by atoms with E-state index in [1.165, 1.54) is 4.31 Å². The lowest BCUT2D eigenvalue weighted by atomic mass is 9.97. The average molecular weight is 479 g/mol. The van der Waals surface area contributed by atoms with Gasteiger partial charge in [-0.2, -0.15) is 0 Å². The Labute approximate surface area is 193 Å². The summed E-state index contributed by atoms with van der Waals surface area (Å²) < 4.78 is 38.5. The van der Waals surface area contributed by atoms with Gasteiger partial charge in [0.1, 0.15) is 13.2 Å². The lowest BCUT2D eigenvalue weighted by molar-refractivity contribution is -0.126. The molecule has 2 heterocycles. The van der Waals surface area contributed by atoms with Gasteiger partial charge in [-0.25, -0.2) is 12.7 Å². The molecule has 32 heavy (non-hydrogen) atoms. The molecular formula is C23H27ClN2O5S. The summed E-state index contributed by atoms with van der Waals surface area (Å²) in [6, 6.07) is 12.2. The largest absolute Gasteiger partial charge is 0.486 e. The van der Waals surface area contributed by atoms with Gasteiger partial charge in [-0.1, -0.05) is 29.8 Å². The van der Waals surface area contributed by atoms with E-state index >= 15 is 0 Å². The number of carbonyl (C=O) groups is 1. The van der Waals surface area contributed by atoms with Gasteiger partial charge in [-0.3, -0.25) is 4.79 Å². The van der Waals surface area contributed by atoms with E-state index in [1.54, 1.807) is 24.3 Å². The minimum atomic E-state index is -3.53. The Morgan fingerprint density at radius 3 is 2.62 bits per heavy atom. The Morgan fingerprint density at radius 1 is 1.16 bits per heavy atom. The first-order chi connectivity index (χ1) is 15.3. The molecule has 2 aromatic rings. The van der Waals surface area contributed by atoms with Gasteiger partial charge in [0, 0.05) is 18.1 Å². The third-order valence-electron chi connectivity index (χ3n) is 5.84. The van der Waals surface area contributed by atoms with Crippen LogP contribution in [-0.4, -0.2) is 44.9 Å². The predicted octanol–water partition coefficient (Wildman–Crippen LogP) is 3.53. The molecule has 0 aromatic heterocycles. The van der Waals surface area contributed by atoms with Crippen molar-refractivity contribution in [2.24, 2.45) is 5.92 Å². The van der Waals surface area contributed by atoms with E-state index in [4.69, 9.17) is 21.1 Å². The first-order valence-electron chi connectivity index (χ1n) is 10.7. The first-order valence-corrected chi connectivity index (χ1v) is 12.7. The summed E-state index contributed by atoms with van der Waals surface area (Å²) in [4.78, 5) is 12.9. The molecular weight excluding hydrogens is 452 g/mol. The topological polar surface area (TPSA) is 84.9 Å². The standard InChI is InChI=1S/C23H27ClN2O5S/c1-16(18-6-9-21-22(13-18)31-12-11-30-21)25-23(27)19-3-2-10-26(14-19)32(28,29)15-17-4-7-20(24)8-5-17/h4-9,13,16,19H,2-3,10-12,14-15H2,1H3,(H,25,27)/t16-,19+/m1/s1. The highest BCUT2D eigenvalue weighted by atomic mass is 35.5. The normalized spacial score (nSPS) is 19.9. The van der Waals surface area contributed by atoms with Crippen molar-refractivity contribution in [3.8, 4) is 11.5 Å². The molecule has 0 saturated carbocycles. The van der Waals surface area contributed by atoms with Crippen LogP contribution in [0.15, 0.2) is 42.5 Å². The zero-order valence-electron chi connectivity index (χ0n) is 17.9. The van der Waals surface area contributed by atoms with Gasteiger partial charge in [0.05, 0.1) is 17.7 Å². The second-order valence-electron chi connectivity index (χ2n) is 8.21. The summed E-state index contributed by atoms with van der Waals surface area (Å²) in [7, 11) is -3.53. The molecule has 0 aliphatic carbocycles. The minimum Gasteiger partial charge on any atom is -0.486 e. The van der Waals surface area contributed by atoms with Crippen LogP contribution in [0.2, 0.25) is 5.02 Å². The van der Waals surface area contributed by atoms with Crippen molar-refractivity contribution >= 4 is 27.5 Å². The number of hydrogen-bond donors (Lipinski definition) is 1. The molecule has 4 rings (SSSR count). The van der Waals surface area contributed by atoms with E-state index in [9.17, 15) is 13.2 Å². The molecule has 0 spiro atoms. The Hall–Kier alpha value is -2.29. The highest BCUT2D eigenvalue weighted by molar-refractivity contribution is 7.88. The highest BCUT2D eigenvalue weighted by Crippen LogP contribution is 2.33. The van der Waals surface area contributed by atoms with Crippen molar-refractivity contribution in [1.82, 2.24) is 9.62 Å². The van der Waals surface area contributed by atoms with E-state index in [0.29, 0.717) is 54.7 Å². The fourth-order valence-electron chi connectivity index (χ4n) is 4.04. The number of hydrogen-bond acceptors (Lipinski definition) is 5. The van der Waals surface area contributed by atoms with Crippen LogP contribution in [0.4, 0.5) is 0 Å². The van der Waals surface area contributed by atoms with Crippen molar-refractivity contribution in [3.63, 3.8) is 0 Å². The summed E-state index contributed by atoms with van der Waals surface area (Å²) >= 11 is 5.89. The van der Waals surface area contributed by atoms with E-state index in [-0.39, 0.29) is 30.2 Å². The Morgan fingerprint density at radius 2 is 1.88 bits per heavy atom. The van der Waals surface area contributed by atoms with Crippen LogP contribution in [0.25, 0.3) is 0 Å². The molecule has 9 heteroatoms. The smallest absolute Gasteiger partial charge is 0.224 e. The zero-order chi connectivity index (χ0) is 22.7. The van der Waals surface area contributed by atoms with Crippen LogP contribution in [0.1, 0.15) is 36.9 Å². The van der Waals surface area contributed by atoms with E-state index in [1.807, 2.05) is 25.1 Å². The second kappa shape index (κ2) is 9.68. The number of nitrogens with zero attached hydrogens (tertiary/aromatic N) is 1. The molecule has 7 nitrogen and oxygen atoms in total. The van der Waals surface area contributed by atoms with Crippen molar-refractivity contribution in [3.05, 3.63) is 58.6 Å². The van der Waals surface area contributed by atoms with Gasteiger partial charge in [0.2, 0.25) is 15.9 Å². The maximum atomic E-state index is 12.9. The van der Waals surface area contributed by atoms with Gasteiger partial charge in [-0.15, -0.1) is 0 Å². The number of amides is 1. The average Bonchev–Trinajstić information content (AvgIpc) is 2.80. The number of carbonyl (C=O) groups excluding carboxylic acids is 1. The van der Waals surface area contributed by atoms with Crippen LogP contribution < -0.4 is 14.8 Å². The SMILES string of the molecule is C[C@@H](NC(=O)[C@H]1CCCN(S(=O)(=O)Cc2ccc(Cl)cc2)C1)c1ccc2c(c1)OCCO2. The molecule has 2 aliphatic heterocycles. The monoisotopic (exact) mass is 478 g/mol. The van der Waals surface area contributed by atoms with E-state index in [0.717, 1.165) is 5.56 Å². The molecule has 2 atom stereocenters. The maximum Gasteiger partial charge on any atom is 0.224 e. The summed E-state index contributed by atoms with van der Waals surface area (Å²) in [5.41, 5.74) is 1.58. The third kappa shape index (κ3) is 5.36. The van der Waals surface area contributed by atoms with E-state index in [2.05, 4.69) is 5.32 Å². The number of sulfonamides is 1. The van der Waals surface area contributed by atoms with Crippen molar-refractivity contribution in [2.45, 2.75) is 31.6 Å². The first kappa shape index (κ1) is 22.9. The molecule has 172 valence electrons. The van der Waals surface area contributed by atoms with Gasteiger partial charge in [0.25, 0.3) is 0 Å². The summed E-state index contributed by atoms with van der Waals surface area (Å²) in [6.45, 7) is 3.55. The fourth-order valence-corrected chi connectivity index (χ4v) is 5.77. The van der Waals surface area contributed by atoms with Gasteiger partial charge >= 0.3 is 0 Å². The summed E-state index contributed by atoms with van der Waals surface area (Å²) in [5, 5.41) is 3.59. The third-order valence-corrected chi connectivity index (χ3v) is 7.90. The molecule has 1 amide bonds. The van der Waals surface area contributed by atoms with Crippen LogP contribution in [0, 0.1) is 5.92 Å². The second-order valence-corrected chi connectivity index (χ2v) is 10.6. The lowest BCUT2D eigenvalue weighted by Crippen LogP contribution is -2.46. The van der Waals surface area contributed by atoms with Crippen LogP contribution in [0.3, 0.4) is 0 Å². The number of piperidine rings is 1. The molecule has 0 radical (unpaired) electrons. The summed E-state index contributed by atoms with van der Waals surface area (Å²) in [6.07, 6.45) is 1.31. The van der Waals surface area contributed by atoms with E-state index < -0.39 is 10.0 Å². The molecule has 2 aromatic carbocycles. The minimum absolute atomic E-state index is 0.105. The molecule has 0 unspecified atom stereocenters. The zero-order valence-corrected chi connectivity index (χ0v) is 19.5. The fraction of sp³-hybridized carbons (Fsp3) is 0.435. The quantitative estimate of drug-likeness (QED) is 0.686. The number of rotatable bonds is 6. The molecule has 1 fully saturated rings. The van der Waals surface area contributed by atoms with Gasteiger partial charge in [-0.05, 0) is 55.2 Å².